The van der Waals surface area contributed by atoms with Gasteiger partial charge in [0.2, 0.25) is 5.91 Å². The highest BCUT2D eigenvalue weighted by atomic mass is 127. The van der Waals surface area contributed by atoms with Crippen LogP contribution < -0.4 is 10.1 Å². The molecule has 0 atom stereocenters. The third kappa shape index (κ3) is 7.41. The van der Waals surface area contributed by atoms with E-state index in [0.29, 0.717) is 18.8 Å². The van der Waals surface area contributed by atoms with Gasteiger partial charge in [-0.2, -0.15) is 0 Å². The van der Waals surface area contributed by atoms with E-state index < -0.39 is 0 Å². The van der Waals surface area contributed by atoms with Crippen LogP contribution in [0.2, 0.25) is 0 Å². The molecule has 0 unspecified atom stereocenters. The number of phenolic OH excluding ortho intramolecular Hbond substituents is 1. The van der Waals surface area contributed by atoms with E-state index in [1.54, 1.807) is 26.3 Å². The predicted molar refractivity (Wildman–Crippen MR) is 133 cm³/mol. The van der Waals surface area contributed by atoms with Crippen LogP contribution in [-0.4, -0.2) is 91.6 Å². The minimum absolute atomic E-state index is 0. The number of halogens is 1. The summed E-state index contributed by atoms with van der Waals surface area (Å²) in [4.78, 5) is 23.5. The van der Waals surface area contributed by atoms with E-state index in [9.17, 15) is 9.90 Å². The molecule has 0 aliphatic carbocycles. The van der Waals surface area contributed by atoms with Crippen LogP contribution in [-0.2, 0) is 11.3 Å². The molecule has 174 valence electrons. The summed E-state index contributed by atoms with van der Waals surface area (Å²) in [6.07, 6.45) is 4.74. The van der Waals surface area contributed by atoms with Crippen LogP contribution in [0.15, 0.2) is 23.2 Å². The Labute approximate surface area is 202 Å². The van der Waals surface area contributed by atoms with Gasteiger partial charge in [0, 0.05) is 58.4 Å². The fraction of sp³-hybridized carbons (Fsp3) is 0.636. The normalized spacial score (nSPS) is 18.2. The topological polar surface area (TPSA) is 80.6 Å². The van der Waals surface area contributed by atoms with Crippen molar-refractivity contribution < 1.29 is 14.6 Å². The SMILES string of the molecule is CN=C(NCc1cc(OC)ccc1O)N1CCN(CC(=O)N2CCCCCC2)CC1.I. The fourth-order valence-corrected chi connectivity index (χ4v) is 4.07. The third-order valence-electron chi connectivity index (χ3n) is 5.92. The van der Waals surface area contributed by atoms with Crippen molar-refractivity contribution in [2.75, 3.05) is 60.0 Å². The van der Waals surface area contributed by atoms with Crippen LogP contribution in [0.25, 0.3) is 0 Å². The number of aromatic hydroxyl groups is 1. The molecule has 1 aromatic carbocycles. The molecule has 8 nitrogen and oxygen atoms in total. The summed E-state index contributed by atoms with van der Waals surface area (Å²) in [6.45, 7) is 6.10. The lowest BCUT2D eigenvalue weighted by molar-refractivity contribution is -0.132. The Morgan fingerprint density at radius 3 is 2.35 bits per heavy atom. The molecule has 9 heteroatoms. The second-order valence-electron chi connectivity index (χ2n) is 7.95. The second-order valence-corrected chi connectivity index (χ2v) is 7.95. The van der Waals surface area contributed by atoms with Crippen LogP contribution >= 0.6 is 24.0 Å². The first-order chi connectivity index (χ1) is 14.6. The molecule has 0 aromatic heterocycles. The fourth-order valence-electron chi connectivity index (χ4n) is 4.07. The molecule has 0 saturated carbocycles. The number of hydrogen-bond donors (Lipinski definition) is 2. The molecule has 0 bridgehead atoms. The number of hydrogen-bond acceptors (Lipinski definition) is 5. The van der Waals surface area contributed by atoms with E-state index in [-0.39, 0.29) is 35.6 Å². The van der Waals surface area contributed by atoms with E-state index in [4.69, 9.17) is 4.74 Å². The number of carbonyl (C=O) groups excluding carboxylic acids is 1. The van der Waals surface area contributed by atoms with E-state index in [1.807, 2.05) is 11.0 Å². The Morgan fingerprint density at radius 2 is 1.74 bits per heavy atom. The number of piperazine rings is 1. The van der Waals surface area contributed by atoms with E-state index in [1.165, 1.54) is 12.8 Å². The number of methoxy groups -OCH3 is 1. The summed E-state index contributed by atoms with van der Waals surface area (Å²) < 4.78 is 5.24. The van der Waals surface area contributed by atoms with Gasteiger partial charge >= 0.3 is 0 Å². The number of guanidine groups is 1. The molecule has 2 aliphatic heterocycles. The zero-order chi connectivity index (χ0) is 21.3. The largest absolute Gasteiger partial charge is 0.508 e. The molecule has 2 fully saturated rings. The summed E-state index contributed by atoms with van der Waals surface area (Å²) >= 11 is 0. The third-order valence-corrected chi connectivity index (χ3v) is 5.92. The number of aliphatic imine (C=N–C) groups is 1. The highest BCUT2D eigenvalue weighted by Crippen LogP contribution is 2.22. The number of rotatable bonds is 5. The van der Waals surface area contributed by atoms with Crippen molar-refractivity contribution in [2.24, 2.45) is 4.99 Å². The first kappa shape index (κ1) is 25.5. The van der Waals surface area contributed by atoms with Gasteiger partial charge < -0.3 is 25.0 Å². The zero-order valence-corrected chi connectivity index (χ0v) is 21.0. The van der Waals surface area contributed by atoms with Crippen molar-refractivity contribution in [1.29, 1.82) is 0 Å². The molecule has 2 heterocycles. The number of benzene rings is 1. The summed E-state index contributed by atoms with van der Waals surface area (Å²) in [6, 6.07) is 5.19. The van der Waals surface area contributed by atoms with Gasteiger partial charge in [0.1, 0.15) is 11.5 Å². The predicted octanol–water partition coefficient (Wildman–Crippen LogP) is 2.11. The van der Waals surface area contributed by atoms with Crippen molar-refractivity contribution >= 4 is 35.8 Å². The molecule has 2 saturated heterocycles. The molecule has 0 spiro atoms. The van der Waals surface area contributed by atoms with Gasteiger partial charge in [-0.25, -0.2) is 0 Å². The number of ether oxygens (including phenoxy) is 1. The molecule has 2 aliphatic rings. The minimum Gasteiger partial charge on any atom is -0.508 e. The van der Waals surface area contributed by atoms with Crippen LogP contribution in [0, 0.1) is 0 Å². The van der Waals surface area contributed by atoms with Crippen molar-refractivity contribution in [3.05, 3.63) is 23.8 Å². The number of nitrogens with one attached hydrogen (secondary N) is 1. The average Bonchev–Trinajstić information content (AvgIpc) is 3.06. The lowest BCUT2D eigenvalue weighted by atomic mass is 10.2. The van der Waals surface area contributed by atoms with Crippen LogP contribution in [0.3, 0.4) is 0 Å². The highest BCUT2D eigenvalue weighted by molar-refractivity contribution is 14.0. The number of nitrogens with zero attached hydrogens (tertiary/aromatic N) is 4. The Kier molecular flexibility index (Phi) is 10.7. The summed E-state index contributed by atoms with van der Waals surface area (Å²) in [7, 11) is 3.38. The molecule has 1 aromatic rings. The lowest BCUT2D eigenvalue weighted by Crippen LogP contribution is -2.54. The summed E-state index contributed by atoms with van der Waals surface area (Å²) in [5.41, 5.74) is 0.761. The maximum Gasteiger partial charge on any atom is 0.236 e. The number of phenols is 1. The van der Waals surface area contributed by atoms with E-state index in [0.717, 1.165) is 63.6 Å². The smallest absolute Gasteiger partial charge is 0.236 e. The maximum atomic E-state index is 12.6. The molecule has 0 radical (unpaired) electrons. The second kappa shape index (κ2) is 12.9. The van der Waals surface area contributed by atoms with Crippen LogP contribution in [0.4, 0.5) is 0 Å². The minimum atomic E-state index is 0. The Bertz CT molecular complexity index is 730. The van der Waals surface area contributed by atoms with Crippen molar-refractivity contribution in [3.63, 3.8) is 0 Å². The van der Waals surface area contributed by atoms with Crippen molar-refractivity contribution in [2.45, 2.75) is 32.2 Å². The van der Waals surface area contributed by atoms with Crippen LogP contribution in [0.1, 0.15) is 31.2 Å². The zero-order valence-electron chi connectivity index (χ0n) is 18.7. The van der Waals surface area contributed by atoms with Crippen molar-refractivity contribution in [3.8, 4) is 11.5 Å². The van der Waals surface area contributed by atoms with Gasteiger partial charge in [0.05, 0.1) is 13.7 Å². The van der Waals surface area contributed by atoms with Gasteiger partial charge in [0.15, 0.2) is 5.96 Å². The van der Waals surface area contributed by atoms with Gasteiger partial charge in [0.25, 0.3) is 0 Å². The van der Waals surface area contributed by atoms with Crippen molar-refractivity contribution in [1.82, 2.24) is 20.0 Å². The number of likely N-dealkylation sites (tertiary alicyclic amines) is 1. The summed E-state index contributed by atoms with van der Waals surface area (Å²) in [5.74, 6) is 2.01. The number of amides is 1. The van der Waals surface area contributed by atoms with Gasteiger partial charge in [-0.3, -0.25) is 14.7 Å². The molecular formula is C22H36IN5O3. The van der Waals surface area contributed by atoms with E-state index >= 15 is 0 Å². The molecule has 1 amide bonds. The Balaban J connectivity index is 0.00000341. The first-order valence-corrected chi connectivity index (χ1v) is 10.9. The van der Waals surface area contributed by atoms with Gasteiger partial charge in [-0.05, 0) is 31.0 Å². The van der Waals surface area contributed by atoms with Crippen LogP contribution in [0.5, 0.6) is 11.5 Å². The lowest BCUT2D eigenvalue weighted by Gasteiger charge is -2.37. The average molecular weight is 545 g/mol. The summed E-state index contributed by atoms with van der Waals surface area (Å²) in [5, 5.41) is 13.4. The van der Waals surface area contributed by atoms with Gasteiger partial charge in [-0.15, -0.1) is 24.0 Å². The monoisotopic (exact) mass is 545 g/mol. The standard InChI is InChI=1S/C22H35N5O3.HI/c1-23-22(24-16-18-15-19(30-2)7-8-20(18)28)27-13-11-25(12-14-27)17-21(29)26-9-5-3-4-6-10-26;/h7-8,15,28H,3-6,9-14,16-17H2,1-2H3,(H,23,24);1H. The van der Waals surface area contributed by atoms with Gasteiger partial charge in [-0.1, -0.05) is 12.8 Å². The Hall–Kier alpha value is -1.75. The molecule has 2 N–H and O–H groups in total. The maximum absolute atomic E-state index is 12.6. The molecular weight excluding hydrogens is 509 g/mol. The molecule has 31 heavy (non-hydrogen) atoms. The van der Waals surface area contributed by atoms with E-state index in [2.05, 4.69) is 20.1 Å². The molecule has 3 rings (SSSR count). The first-order valence-electron chi connectivity index (χ1n) is 10.9. The number of carbonyl (C=O) groups is 1. The quantitative estimate of drug-likeness (QED) is 0.335. The highest BCUT2D eigenvalue weighted by Gasteiger charge is 2.23. The Morgan fingerprint density at radius 1 is 1.06 bits per heavy atom.